The minimum atomic E-state index is -0.403. The lowest BCUT2D eigenvalue weighted by molar-refractivity contribution is 0.0108. The summed E-state index contributed by atoms with van der Waals surface area (Å²) in [5, 5.41) is 2.79. The number of nitrogens with one attached hydrogen (secondary N) is 1. The molecule has 0 saturated heterocycles. The Morgan fingerprint density at radius 2 is 2.06 bits per heavy atom. The standard InChI is InChI=1S/C25H35N5O4/c1-6-11-30-14-17(2)23(33-5)15-29(4)25(32)20-12-19(7-8-22(20)34-16-18(30)3)28-24(31)21-13-26-9-10-27-21/h7-10,12-13,17-18,23H,6,11,14-16H2,1-5H3,(H,28,31)/t17-,18+,23+/m0/s1. The Bertz CT molecular complexity index is 971. The maximum Gasteiger partial charge on any atom is 0.275 e. The minimum Gasteiger partial charge on any atom is -0.491 e. The summed E-state index contributed by atoms with van der Waals surface area (Å²) in [6.45, 7) is 9.17. The Morgan fingerprint density at radius 1 is 1.26 bits per heavy atom. The number of hydrogen-bond acceptors (Lipinski definition) is 7. The van der Waals surface area contributed by atoms with Crippen molar-refractivity contribution >= 4 is 17.5 Å². The van der Waals surface area contributed by atoms with Crippen molar-refractivity contribution in [2.24, 2.45) is 5.92 Å². The smallest absolute Gasteiger partial charge is 0.275 e. The van der Waals surface area contributed by atoms with E-state index < -0.39 is 5.91 Å². The quantitative estimate of drug-likeness (QED) is 0.719. The summed E-state index contributed by atoms with van der Waals surface area (Å²) in [6, 6.07) is 5.26. The number of hydrogen-bond donors (Lipinski definition) is 1. The molecule has 0 radical (unpaired) electrons. The van der Waals surface area contributed by atoms with Gasteiger partial charge in [-0.05, 0) is 44.0 Å². The van der Waals surface area contributed by atoms with E-state index in [1.165, 1.54) is 18.6 Å². The van der Waals surface area contributed by atoms with Gasteiger partial charge in [-0.15, -0.1) is 0 Å². The number of fused-ring (bicyclic) bond motifs is 1. The highest BCUT2D eigenvalue weighted by Crippen LogP contribution is 2.26. The topological polar surface area (TPSA) is 96.9 Å². The summed E-state index contributed by atoms with van der Waals surface area (Å²) in [5.74, 6) is 0.115. The van der Waals surface area contributed by atoms with Crippen LogP contribution in [0.1, 0.15) is 48.0 Å². The van der Waals surface area contributed by atoms with Gasteiger partial charge in [-0.25, -0.2) is 4.98 Å². The molecule has 1 aromatic carbocycles. The minimum absolute atomic E-state index is 0.108. The fourth-order valence-corrected chi connectivity index (χ4v) is 4.14. The van der Waals surface area contributed by atoms with Gasteiger partial charge in [-0.3, -0.25) is 19.5 Å². The van der Waals surface area contributed by atoms with Crippen LogP contribution in [-0.2, 0) is 4.74 Å². The Morgan fingerprint density at radius 3 is 2.74 bits per heavy atom. The highest BCUT2D eigenvalue weighted by molar-refractivity contribution is 6.04. The zero-order chi connectivity index (χ0) is 24.7. The maximum atomic E-state index is 13.4. The van der Waals surface area contributed by atoms with E-state index in [2.05, 4.69) is 41.0 Å². The Kier molecular flexibility index (Phi) is 8.95. The third kappa shape index (κ3) is 6.30. The van der Waals surface area contributed by atoms with Crippen LogP contribution in [-0.4, -0.2) is 84.1 Å². The normalized spacial score (nSPS) is 22.2. The number of amides is 2. The molecule has 0 spiro atoms. The Labute approximate surface area is 201 Å². The molecule has 2 heterocycles. The van der Waals surface area contributed by atoms with Gasteiger partial charge in [-0.1, -0.05) is 13.8 Å². The van der Waals surface area contributed by atoms with Crippen molar-refractivity contribution < 1.29 is 19.1 Å². The lowest BCUT2D eigenvalue weighted by Crippen LogP contribution is -2.46. The van der Waals surface area contributed by atoms with Gasteiger partial charge >= 0.3 is 0 Å². The zero-order valence-corrected chi connectivity index (χ0v) is 20.7. The number of rotatable bonds is 5. The second kappa shape index (κ2) is 11.9. The predicted octanol–water partition coefficient (Wildman–Crippen LogP) is 2.94. The van der Waals surface area contributed by atoms with Gasteiger partial charge in [0.1, 0.15) is 18.1 Å². The summed E-state index contributed by atoms with van der Waals surface area (Å²) in [5.41, 5.74) is 1.05. The SMILES string of the molecule is CCCN1C[C@H](C)[C@H](OC)CN(C)C(=O)c2cc(NC(=O)c3cnccn3)ccc2OC[C@H]1C. The molecule has 0 aliphatic carbocycles. The molecule has 1 N–H and O–H groups in total. The van der Waals surface area contributed by atoms with Gasteiger partial charge < -0.3 is 19.7 Å². The number of anilines is 1. The third-order valence-corrected chi connectivity index (χ3v) is 6.14. The van der Waals surface area contributed by atoms with Crippen molar-refractivity contribution in [3.05, 3.63) is 48.0 Å². The number of methoxy groups -OCH3 is 1. The van der Waals surface area contributed by atoms with Gasteiger partial charge in [0, 0.05) is 51.4 Å². The molecule has 1 aromatic heterocycles. The maximum absolute atomic E-state index is 13.4. The molecule has 3 rings (SSSR count). The molecule has 9 nitrogen and oxygen atoms in total. The van der Waals surface area contributed by atoms with Crippen molar-refractivity contribution in [3.8, 4) is 5.75 Å². The van der Waals surface area contributed by atoms with Gasteiger partial charge in [-0.2, -0.15) is 0 Å². The largest absolute Gasteiger partial charge is 0.491 e. The van der Waals surface area contributed by atoms with Crippen LogP contribution in [0, 0.1) is 5.92 Å². The van der Waals surface area contributed by atoms with Crippen LogP contribution in [0.15, 0.2) is 36.8 Å². The molecular formula is C25H35N5O4. The summed E-state index contributed by atoms with van der Waals surface area (Å²) >= 11 is 0. The molecule has 9 heteroatoms. The van der Waals surface area contributed by atoms with Crippen molar-refractivity contribution in [2.75, 3.05) is 45.7 Å². The molecule has 34 heavy (non-hydrogen) atoms. The molecule has 2 aromatic rings. The van der Waals surface area contributed by atoms with Gasteiger partial charge in [0.25, 0.3) is 11.8 Å². The molecule has 0 saturated carbocycles. The lowest BCUT2D eigenvalue weighted by Gasteiger charge is -2.35. The summed E-state index contributed by atoms with van der Waals surface area (Å²) in [6.07, 6.45) is 5.28. The molecule has 0 bridgehead atoms. The predicted molar refractivity (Wildman–Crippen MR) is 130 cm³/mol. The summed E-state index contributed by atoms with van der Waals surface area (Å²) in [4.78, 5) is 38.0. The fraction of sp³-hybridized carbons (Fsp3) is 0.520. The highest BCUT2D eigenvalue weighted by Gasteiger charge is 2.28. The molecule has 1 aliphatic heterocycles. The van der Waals surface area contributed by atoms with Crippen molar-refractivity contribution in [2.45, 2.75) is 39.3 Å². The molecule has 2 amide bonds. The van der Waals surface area contributed by atoms with Crippen molar-refractivity contribution in [3.63, 3.8) is 0 Å². The number of ether oxygens (including phenoxy) is 2. The first-order valence-electron chi connectivity index (χ1n) is 11.7. The average molecular weight is 470 g/mol. The van der Waals surface area contributed by atoms with Crippen molar-refractivity contribution in [1.29, 1.82) is 0 Å². The number of benzene rings is 1. The van der Waals surface area contributed by atoms with Gasteiger partial charge in [0.15, 0.2) is 0 Å². The van der Waals surface area contributed by atoms with E-state index in [1.807, 2.05) is 0 Å². The van der Waals surface area contributed by atoms with Crippen LogP contribution >= 0.6 is 0 Å². The van der Waals surface area contributed by atoms with Crippen LogP contribution < -0.4 is 10.1 Å². The third-order valence-electron chi connectivity index (χ3n) is 6.14. The molecule has 1 aliphatic rings. The molecule has 3 atom stereocenters. The fourth-order valence-electron chi connectivity index (χ4n) is 4.14. The Balaban J connectivity index is 1.91. The number of nitrogens with zero attached hydrogens (tertiary/aromatic N) is 4. The number of carbonyl (C=O) groups excluding carboxylic acids is 2. The first-order valence-corrected chi connectivity index (χ1v) is 11.7. The summed E-state index contributed by atoms with van der Waals surface area (Å²) in [7, 11) is 3.45. The second-order valence-corrected chi connectivity index (χ2v) is 8.85. The average Bonchev–Trinajstić information content (AvgIpc) is 2.85. The molecule has 0 unspecified atom stereocenters. The Hall–Kier alpha value is -3.04. The van der Waals surface area contributed by atoms with Gasteiger partial charge in [0.2, 0.25) is 0 Å². The van der Waals surface area contributed by atoms with E-state index in [1.54, 1.807) is 37.3 Å². The van der Waals surface area contributed by atoms with Crippen LogP contribution in [0.5, 0.6) is 5.75 Å². The number of likely N-dealkylation sites (N-methyl/N-ethyl adjacent to an activating group) is 1. The first-order chi connectivity index (χ1) is 16.3. The molecule has 0 fully saturated rings. The second-order valence-electron chi connectivity index (χ2n) is 8.85. The van der Waals surface area contributed by atoms with Crippen LogP contribution in [0.4, 0.5) is 5.69 Å². The van der Waals surface area contributed by atoms with E-state index in [9.17, 15) is 9.59 Å². The van der Waals surface area contributed by atoms with E-state index in [4.69, 9.17) is 9.47 Å². The zero-order valence-electron chi connectivity index (χ0n) is 20.7. The molecular weight excluding hydrogens is 434 g/mol. The lowest BCUT2D eigenvalue weighted by atomic mass is 10.0. The van der Waals surface area contributed by atoms with Gasteiger partial charge in [0.05, 0.1) is 17.9 Å². The van der Waals surface area contributed by atoms with E-state index in [0.717, 1.165) is 19.5 Å². The van der Waals surface area contributed by atoms with E-state index in [-0.39, 0.29) is 29.7 Å². The van der Waals surface area contributed by atoms with Crippen LogP contribution in [0.25, 0.3) is 0 Å². The summed E-state index contributed by atoms with van der Waals surface area (Å²) < 4.78 is 11.9. The van der Waals surface area contributed by atoms with E-state index in [0.29, 0.717) is 30.2 Å². The van der Waals surface area contributed by atoms with Crippen LogP contribution in [0.3, 0.4) is 0 Å². The first kappa shape index (κ1) is 25.6. The molecule has 184 valence electrons. The monoisotopic (exact) mass is 469 g/mol. The highest BCUT2D eigenvalue weighted by atomic mass is 16.5. The number of carbonyl (C=O) groups is 2. The number of aromatic nitrogens is 2. The van der Waals surface area contributed by atoms with Crippen molar-refractivity contribution in [1.82, 2.24) is 19.8 Å². The van der Waals surface area contributed by atoms with E-state index >= 15 is 0 Å². The van der Waals surface area contributed by atoms with Crippen LogP contribution in [0.2, 0.25) is 0 Å².